The highest BCUT2D eigenvalue weighted by Gasteiger charge is 2.58. The maximum absolute atomic E-state index is 12.1. The highest BCUT2D eigenvalue weighted by Crippen LogP contribution is 2.62. The summed E-state index contributed by atoms with van der Waals surface area (Å²) in [4.78, 5) is 12.1. The minimum atomic E-state index is -1.57. The topological polar surface area (TPSA) is 175 Å². The number of ketones is 1. The Hall–Kier alpha value is -1.51. The average Bonchev–Trinajstić information content (AvgIpc) is 3.28. The average molecular weight is 579 g/mol. The highest BCUT2D eigenvalue weighted by atomic mass is 16.7. The van der Waals surface area contributed by atoms with Crippen LogP contribution in [-0.2, 0) is 23.7 Å². The number of hydrogen-bond acceptors (Lipinski definition) is 11. The van der Waals surface area contributed by atoms with Crippen molar-refractivity contribution in [2.24, 2.45) is 28.6 Å². The van der Waals surface area contributed by atoms with Crippen molar-refractivity contribution in [1.29, 1.82) is 0 Å². The van der Waals surface area contributed by atoms with Crippen molar-refractivity contribution in [2.45, 2.75) is 101 Å². The molecule has 0 aromatic heterocycles. The van der Waals surface area contributed by atoms with Crippen LogP contribution in [-0.4, -0.2) is 111 Å². The zero-order valence-corrected chi connectivity index (χ0v) is 23.4. The van der Waals surface area contributed by atoms with Crippen LogP contribution >= 0.6 is 0 Å². The highest BCUT2D eigenvalue weighted by molar-refractivity contribution is 5.92. The lowest BCUT2D eigenvalue weighted by atomic mass is 9.49. The maximum atomic E-state index is 12.1. The summed E-state index contributed by atoms with van der Waals surface area (Å²) < 4.78 is 23.0. The first kappa shape index (κ1) is 29.6. The Bertz CT molecular complexity index is 1110. The number of carbonyl (C=O) groups is 1. The van der Waals surface area contributed by atoms with Crippen molar-refractivity contribution in [3.8, 4) is 0 Å². The predicted octanol–water partition coefficient (Wildman–Crippen LogP) is -0.281. The van der Waals surface area contributed by atoms with Gasteiger partial charge >= 0.3 is 0 Å². The predicted molar refractivity (Wildman–Crippen MR) is 142 cm³/mol. The van der Waals surface area contributed by atoms with Gasteiger partial charge in [0.2, 0.25) is 0 Å². The molecule has 2 aliphatic heterocycles. The second-order valence-corrected chi connectivity index (χ2v) is 13.1. The third-order valence-corrected chi connectivity index (χ3v) is 10.8. The van der Waals surface area contributed by atoms with Crippen LogP contribution in [0.4, 0.5) is 0 Å². The van der Waals surface area contributed by atoms with Crippen LogP contribution < -0.4 is 0 Å². The molecule has 2 saturated heterocycles. The van der Waals surface area contributed by atoms with E-state index in [9.17, 15) is 35.4 Å². The van der Waals surface area contributed by atoms with Crippen molar-refractivity contribution in [3.63, 3.8) is 0 Å². The Labute approximate surface area is 239 Å². The normalized spacial score (nSPS) is 52.9. The second-order valence-electron chi connectivity index (χ2n) is 13.1. The van der Waals surface area contributed by atoms with Crippen molar-refractivity contribution in [2.75, 3.05) is 13.2 Å². The zero-order valence-electron chi connectivity index (χ0n) is 23.4. The van der Waals surface area contributed by atoms with Gasteiger partial charge in [-0.15, -0.1) is 0 Å². The lowest BCUT2D eigenvalue weighted by Gasteiger charge is -2.56. The van der Waals surface area contributed by atoms with Gasteiger partial charge in [-0.2, -0.15) is 0 Å². The third kappa shape index (κ3) is 4.88. The van der Waals surface area contributed by atoms with Crippen LogP contribution in [0.1, 0.15) is 39.5 Å². The number of aliphatic hydroxyl groups excluding tert-OH is 6. The molecule has 0 aromatic rings. The van der Waals surface area contributed by atoms with E-state index in [0.717, 1.165) is 24.8 Å². The number of fused-ring (bicyclic) bond motifs is 5. The SMILES string of the molecule is C[C@]12CCC(=O)C=C1C=C[C@@H]1[C@@H]2CC[C@]2(C)C(O[C@@H]3O[C@H](CO[C@@H]4OC[C@H](O)[C@H](O)[C@H]4O)[C@@H](O)[C@H](O)[C@H]3O)C=C[C@@H]12. The summed E-state index contributed by atoms with van der Waals surface area (Å²) >= 11 is 0. The molecule has 0 amide bonds. The van der Waals surface area contributed by atoms with Gasteiger partial charge in [0, 0.05) is 11.8 Å². The zero-order chi connectivity index (χ0) is 29.3. The van der Waals surface area contributed by atoms with Crippen LogP contribution in [0, 0.1) is 28.6 Å². The molecule has 6 N–H and O–H groups in total. The molecule has 3 fully saturated rings. The van der Waals surface area contributed by atoms with Crippen molar-refractivity contribution < 1.29 is 54.4 Å². The Morgan fingerprint density at radius 2 is 1.68 bits per heavy atom. The molecule has 1 unspecified atom stereocenters. The number of allylic oxidation sites excluding steroid dienone is 5. The van der Waals surface area contributed by atoms with E-state index in [0.29, 0.717) is 12.3 Å². The fourth-order valence-electron chi connectivity index (χ4n) is 8.05. The molecule has 6 aliphatic rings. The minimum absolute atomic E-state index is 0.0403. The molecule has 0 radical (unpaired) electrons. The lowest BCUT2D eigenvalue weighted by Crippen LogP contribution is -2.61. The standard InChI is InChI=1S/C30H42O11/c1-29-9-7-15(31)11-14(29)3-4-16-17-5-6-21(30(17,2)10-8-18(16)29)41-28-26(37)24(35)23(34)20(40-28)13-39-27-25(36)22(33)19(32)12-38-27/h3-6,11,16-28,32-37H,7-10,12-13H2,1-2H3/t16-,17-,18-,19-,20+,21?,22-,23+,24-,25+,26+,27-,28-,29-,30-/m0/s1. The van der Waals surface area contributed by atoms with Gasteiger partial charge in [-0.25, -0.2) is 0 Å². The number of aliphatic hydroxyl groups is 6. The molecular weight excluding hydrogens is 536 g/mol. The Morgan fingerprint density at radius 1 is 0.927 bits per heavy atom. The number of hydrogen-bond donors (Lipinski definition) is 6. The number of rotatable bonds is 5. The molecule has 11 nitrogen and oxygen atoms in total. The van der Waals surface area contributed by atoms with Gasteiger partial charge in [0.25, 0.3) is 0 Å². The van der Waals surface area contributed by atoms with Crippen LogP contribution in [0.25, 0.3) is 0 Å². The smallest absolute Gasteiger partial charge is 0.187 e. The van der Waals surface area contributed by atoms with E-state index < -0.39 is 61.4 Å². The molecule has 228 valence electrons. The van der Waals surface area contributed by atoms with Gasteiger partial charge in [0.15, 0.2) is 18.4 Å². The summed E-state index contributed by atoms with van der Waals surface area (Å²) in [6.07, 6.45) is 0.716. The molecule has 2 heterocycles. The van der Waals surface area contributed by atoms with Gasteiger partial charge in [-0.05, 0) is 54.1 Å². The van der Waals surface area contributed by atoms with Crippen LogP contribution in [0.5, 0.6) is 0 Å². The molecule has 0 bridgehead atoms. The summed E-state index contributed by atoms with van der Waals surface area (Å²) in [5.41, 5.74) is 0.798. The fraction of sp³-hybridized carbons (Fsp3) is 0.767. The summed E-state index contributed by atoms with van der Waals surface area (Å²) in [5.74, 6) is 1.05. The Balaban J connectivity index is 1.13. The van der Waals surface area contributed by atoms with Gasteiger partial charge < -0.3 is 49.6 Å². The molecule has 0 spiro atoms. The number of carbonyl (C=O) groups excluding carboxylic acids is 1. The Kier molecular flexibility index (Phi) is 7.85. The molecule has 15 atom stereocenters. The van der Waals surface area contributed by atoms with Crippen LogP contribution in [0.2, 0.25) is 0 Å². The molecule has 0 aromatic carbocycles. The first-order chi connectivity index (χ1) is 19.4. The minimum Gasteiger partial charge on any atom is -0.388 e. The van der Waals surface area contributed by atoms with E-state index in [1.54, 1.807) is 0 Å². The monoisotopic (exact) mass is 578 g/mol. The first-order valence-corrected chi connectivity index (χ1v) is 14.7. The van der Waals surface area contributed by atoms with Gasteiger partial charge in [0.1, 0.15) is 42.7 Å². The molecular formula is C30H42O11. The van der Waals surface area contributed by atoms with Crippen LogP contribution in [0.15, 0.2) is 36.0 Å². The van der Waals surface area contributed by atoms with E-state index in [2.05, 4.69) is 32.1 Å². The van der Waals surface area contributed by atoms with E-state index in [-0.39, 0.29) is 41.7 Å². The summed E-state index contributed by atoms with van der Waals surface area (Å²) in [6.45, 7) is 3.88. The van der Waals surface area contributed by atoms with Gasteiger partial charge in [-0.3, -0.25) is 4.79 Å². The molecule has 6 rings (SSSR count). The molecule has 41 heavy (non-hydrogen) atoms. The van der Waals surface area contributed by atoms with E-state index in [1.165, 1.54) is 0 Å². The van der Waals surface area contributed by atoms with Gasteiger partial charge in [-0.1, -0.05) is 38.2 Å². The second kappa shape index (κ2) is 10.9. The van der Waals surface area contributed by atoms with E-state index in [4.69, 9.17) is 18.9 Å². The summed E-state index contributed by atoms with van der Waals surface area (Å²) in [5, 5.41) is 61.6. The lowest BCUT2D eigenvalue weighted by molar-refractivity contribution is -0.330. The third-order valence-electron chi connectivity index (χ3n) is 10.8. The quantitative estimate of drug-likeness (QED) is 0.237. The molecule has 11 heteroatoms. The summed E-state index contributed by atoms with van der Waals surface area (Å²) in [6, 6.07) is 0. The maximum Gasteiger partial charge on any atom is 0.187 e. The molecule has 4 aliphatic carbocycles. The molecule has 1 saturated carbocycles. The fourth-order valence-corrected chi connectivity index (χ4v) is 8.05. The largest absolute Gasteiger partial charge is 0.388 e. The van der Waals surface area contributed by atoms with Gasteiger partial charge in [0.05, 0.1) is 19.3 Å². The first-order valence-electron chi connectivity index (χ1n) is 14.7. The van der Waals surface area contributed by atoms with Crippen molar-refractivity contribution in [3.05, 3.63) is 36.0 Å². The number of ether oxygens (including phenoxy) is 4. The van der Waals surface area contributed by atoms with Crippen molar-refractivity contribution >= 4 is 5.78 Å². The van der Waals surface area contributed by atoms with E-state index in [1.807, 2.05) is 12.2 Å². The van der Waals surface area contributed by atoms with E-state index >= 15 is 0 Å². The van der Waals surface area contributed by atoms with Crippen LogP contribution in [0.3, 0.4) is 0 Å². The summed E-state index contributed by atoms with van der Waals surface area (Å²) in [7, 11) is 0. The Morgan fingerprint density at radius 3 is 2.46 bits per heavy atom. The van der Waals surface area contributed by atoms with Crippen molar-refractivity contribution in [1.82, 2.24) is 0 Å².